The highest BCUT2D eigenvalue weighted by molar-refractivity contribution is 6.30. The number of piperazine rings is 1. The molecule has 2 heterocycles. The molecule has 4 aromatic rings. The van der Waals surface area contributed by atoms with Crippen molar-refractivity contribution in [2.75, 3.05) is 38.2 Å². The second-order valence-electron chi connectivity index (χ2n) is 8.55. The number of anilines is 1. The minimum Gasteiger partial charge on any atom is -0.497 e. The van der Waals surface area contributed by atoms with Crippen LogP contribution < -0.4 is 15.0 Å². The molecule has 0 spiro atoms. The summed E-state index contributed by atoms with van der Waals surface area (Å²) >= 11 is 0. The average molecular weight is 451 g/mol. The molecular formula is C28H26N4O2. The van der Waals surface area contributed by atoms with Crippen LogP contribution in [0.5, 0.6) is 5.75 Å². The zero-order chi connectivity index (χ0) is 22.9. The fraction of sp³-hybridized carbons (Fsp3) is 0.214. The Morgan fingerprint density at radius 2 is 1.71 bits per heavy atom. The Bertz CT molecular complexity index is 1380. The highest BCUT2D eigenvalue weighted by Gasteiger charge is 2.33. The lowest BCUT2D eigenvalue weighted by Gasteiger charge is -2.30. The summed E-state index contributed by atoms with van der Waals surface area (Å²) in [4.78, 5) is 13.5. The summed E-state index contributed by atoms with van der Waals surface area (Å²) in [6.07, 6.45) is 0. The highest BCUT2D eigenvalue weighted by Crippen LogP contribution is 2.46. The molecule has 6 heteroatoms. The molecule has 6 rings (SSSR count). The summed E-state index contributed by atoms with van der Waals surface area (Å²) < 4.78 is 5.56. The van der Waals surface area contributed by atoms with Gasteiger partial charge >= 0.3 is 0 Å². The molecule has 0 unspecified atom stereocenters. The van der Waals surface area contributed by atoms with Gasteiger partial charge < -0.3 is 19.8 Å². The van der Waals surface area contributed by atoms with E-state index in [2.05, 4.69) is 40.5 Å². The van der Waals surface area contributed by atoms with Crippen LogP contribution in [0.2, 0.25) is 0 Å². The molecule has 0 saturated carbocycles. The van der Waals surface area contributed by atoms with Crippen LogP contribution in [0.4, 0.5) is 5.82 Å². The van der Waals surface area contributed by atoms with E-state index in [1.54, 1.807) is 7.11 Å². The number of nitrogens with one attached hydrogen (secondary N) is 1. The molecule has 0 amide bonds. The summed E-state index contributed by atoms with van der Waals surface area (Å²) in [5.74, 6) is 1.80. The number of hydrogen-bond donors (Lipinski definition) is 1. The molecule has 6 nitrogen and oxygen atoms in total. The number of fused-ring (bicyclic) bond motifs is 5. The van der Waals surface area contributed by atoms with Crippen molar-refractivity contribution >= 4 is 22.4 Å². The van der Waals surface area contributed by atoms with Crippen LogP contribution in [0, 0.1) is 0 Å². The second-order valence-corrected chi connectivity index (χ2v) is 8.55. The third-order valence-corrected chi connectivity index (χ3v) is 6.51. The lowest BCUT2D eigenvalue weighted by atomic mass is 10.0. The maximum Gasteiger partial charge on any atom is 0.142 e. The number of para-hydroxylation sites is 1. The topological polar surface area (TPSA) is 59.0 Å². The Morgan fingerprint density at radius 3 is 2.53 bits per heavy atom. The molecule has 0 bridgehead atoms. The molecule has 1 aromatic heterocycles. The fourth-order valence-corrected chi connectivity index (χ4v) is 4.84. The Kier molecular flexibility index (Phi) is 5.35. The van der Waals surface area contributed by atoms with Gasteiger partial charge in [-0.25, -0.2) is 4.98 Å². The van der Waals surface area contributed by atoms with Gasteiger partial charge in [0, 0.05) is 48.3 Å². The van der Waals surface area contributed by atoms with E-state index in [1.807, 2.05) is 42.5 Å². The number of nitrogens with zero attached hydrogens (tertiary/aromatic N) is 3. The summed E-state index contributed by atoms with van der Waals surface area (Å²) in [5, 5.41) is 9.24. The largest absolute Gasteiger partial charge is 0.497 e. The van der Waals surface area contributed by atoms with Gasteiger partial charge in [-0.3, -0.25) is 0 Å². The molecule has 34 heavy (non-hydrogen) atoms. The van der Waals surface area contributed by atoms with Crippen molar-refractivity contribution in [1.82, 2.24) is 10.3 Å². The van der Waals surface area contributed by atoms with Gasteiger partial charge in [0.2, 0.25) is 0 Å². The van der Waals surface area contributed by atoms with Gasteiger partial charge in [0.25, 0.3) is 0 Å². The first-order valence-electron chi connectivity index (χ1n) is 11.6. The first-order valence-corrected chi connectivity index (χ1v) is 11.6. The van der Waals surface area contributed by atoms with Crippen LogP contribution in [0.3, 0.4) is 0 Å². The van der Waals surface area contributed by atoms with Crippen LogP contribution in [-0.2, 0) is 11.4 Å². The third kappa shape index (κ3) is 3.56. The summed E-state index contributed by atoms with van der Waals surface area (Å²) in [6.45, 7) is 4.13. The molecule has 0 atom stereocenters. The number of ether oxygens (including phenoxy) is 1. The highest BCUT2D eigenvalue weighted by atomic mass is 16.6. The van der Waals surface area contributed by atoms with Gasteiger partial charge in [0.05, 0.1) is 12.6 Å². The van der Waals surface area contributed by atoms with E-state index in [0.717, 1.165) is 82.2 Å². The predicted molar refractivity (Wildman–Crippen MR) is 136 cm³/mol. The Hall–Kier alpha value is -3.90. The van der Waals surface area contributed by atoms with E-state index >= 15 is 0 Å². The Balaban J connectivity index is 1.55. The lowest BCUT2D eigenvalue weighted by molar-refractivity contribution is 0.131. The first kappa shape index (κ1) is 20.7. The zero-order valence-electron chi connectivity index (χ0n) is 19.1. The van der Waals surface area contributed by atoms with E-state index in [-0.39, 0.29) is 0 Å². The lowest BCUT2D eigenvalue weighted by Crippen LogP contribution is -2.44. The minimum atomic E-state index is 0.409. The van der Waals surface area contributed by atoms with Crippen LogP contribution in [-0.4, -0.2) is 44.0 Å². The molecule has 0 radical (unpaired) electrons. The number of benzene rings is 3. The Morgan fingerprint density at radius 1 is 0.912 bits per heavy atom. The molecule has 2 aliphatic rings. The number of pyridine rings is 1. The summed E-state index contributed by atoms with van der Waals surface area (Å²) in [6, 6.07) is 24.6. The minimum absolute atomic E-state index is 0.409. The quantitative estimate of drug-likeness (QED) is 0.397. The standard InChI is InChI=1S/C28H26N4O2/c1-33-20-11-12-21-23(17-20)27(31-34-18-19-7-3-2-4-8-19)25-22-9-5-6-10-24(22)30-28(26(21)25)32-15-13-29-14-16-32/h2-12,17,29H,13-16,18H2,1H3/b31-27+. The summed E-state index contributed by atoms with van der Waals surface area (Å²) in [5.41, 5.74) is 7.20. The van der Waals surface area contributed by atoms with Crippen LogP contribution in [0.1, 0.15) is 16.7 Å². The second kappa shape index (κ2) is 8.80. The van der Waals surface area contributed by atoms with Crippen molar-refractivity contribution in [3.63, 3.8) is 0 Å². The fourth-order valence-electron chi connectivity index (χ4n) is 4.84. The van der Waals surface area contributed by atoms with Crippen molar-refractivity contribution in [3.8, 4) is 16.9 Å². The van der Waals surface area contributed by atoms with Crippen LogP contribution in [0.25, 0.3) is 22.0 Å². The van der Waals surface area contributed by atoms with Crippen molar-refractivity contribution in [2.24, 2.45) is 5.16 Å². The number of methoxy groups -OCH3 is 1. The molecular weight excluding hydrogens is 424 g/mol. The third-order valence-electron chi connectivity index (χ3n) is 6.51. The van der Waals surface area contributed by atoms with Crippen molar-refractivity contribution in [1.29, 1.82) is 0 Å². The number of rotatable bonds is 5. The van der Waals surface area contributed by atoms with Crippen molar-refractivity contribution in [3.05, 3.63) is 89.5 Å². The van der Waals surface area contributed by atoms with Crippen LogP contribution >= 0.6 is 0 Å². The van der Waals surface area contributed by atoms with E-state index in [4.69, 9.17) is 19.7 Å². The number of oxime groups is 1. The van der Waals surface area contributed by atoms with Gasteiger partial charge in [-0.2, -0.15) is 0 Å². The van der Waals surface area contributed by atoms with E-state index in [1.165, 1.54) is 0 Å². The van der Waals surface area contributed by atoms with E-state index < -0.39 is 0 Å². The van der Waals surface area contributed by atoms with Gasteiger partial charge in [-0.1, -0.05) is 53.7 Å². The molecule has 170 valence electrons. The molecule has 1 saturated heterocycles. The predicted octanol–water partition coefficient (Wildman–Crippen LogP) is 4.60. The number of aromatic nitrogens is 1. The maximum atomic E-state index is 5.93. The normalized spacial score (nSPS) is 15.9. The van der Waals surface area contributed by atoms with E-state index in [0.29, 0.717) is 6.61 Å². The maximum absolute atomic E-state index is 5.93. The van der Waals surface area contributed by atoms with Gasteiger partial charge in [0.1, 0.15) is 23.9 Å². The van der Waals surface area contributed by atoms with Crippen molar-refractivity contribution in [2.45, 2.75) is 6.61 Å². The molecule has 3 aromatic carbocycles. The first-order chi connectivity index (χ1) is 16.8. The SMILES string of the molecule is COc1ccc2c(c1)/C(=N\OCc1ccccc1)c1c-2c(N2CCNCC2)nc2ccccc12. The molecule has 1 aliphatic carbocycles. The smallest absolute Gasteiger partial charge is 0.142 e. The van der Waals surface area contributed by atoms with E-state index in [9.17, 15) is 0 Å². The number of hydrogen-bond acceptors (Lipinski definition) is 6. The molecule has 1 fully saturated rings. The van der Waals surface area contributed by atoms with Gasteiger partial charge in [-0.15, -0.1) is 0 Å². The monoisotopic (exact) mass is 450 g/mol. The van der Waals surface area contributed by atoms with Gasteiger partial charge in [0.15, 0.2) is 0 Å². The molecule has 1 N–H and O–H groups in total. The summed E-state index contributed by atoms with van der Waals surface area (Å²) in [7, 11) is 1.69. The Labute approximate surface area is 198 Å². The van der Waals surface area contributed by atoms with Crippen LogP contribution in [0.15, 0.2) is 78.0 Å². The molecule has 1 aliphatic heterocycles. The zero-order valence-corrected chi connectivity index (χ0v) is 19.1. The van der Waals surface area contributed by atoms with Crippen molar-refractivity contribution < 1.29 is 9.57 Å². The van der Waals surface area contributed by atoms with Gasteiger partial charge in [-0.05, 0) is 35.4 Å². The average Bonchev–Trinajstić information content (AvgIpc) is 3.23.